The molecule has 0 fully saturated rings. The lowest BCUT2D eigenvalue weighted by molar-refractivity contribution is 0.378. The standard InChI is InChI=1S/C12H22N6.2H2O4S.2H2O/c1-9(11-13-3-4-14-11)7-17-18-8-10(2)12-15-5-6-16-12;2*1-5(2,3)4;;/h9-10H,3-8H2,1-2H3,(H,13,14)(H,15,16);2*(H2,1,2,3,4);2*1H2. The second kappa shape index (κ2) is 16.0. The molecule has 10 N–H and O–H groups in total. The molecule has 0 aromatic rings. The van der Waals surface area contributed by atoms with Crippen LogP contribution < -0.4 is 10.6 Å². The third-order valence-electron chi connectivity index (χ3n) is 3.14. The van der Waals surface area contributed by atoms with Gasteiger partial charge in [-0.05, 0) is 0 Å². The number of hydrogen-bond donors (Lipinski definition) is 6. The Hall–Kier alpha value is -1.80. The molecule has 0 amide bonds. The maximum atomic E-state index is 8.74. The van der Waals surface area contributed by atoms with Gasteiger partial charge in [-0.15, -0.1) is 0 Å². The second-order valence-corrected chi connectivity index (χ2v) is 7.52. The molecule has 0 aromatic heterocycles. The van der Waals surface area contributed by atoms with Gasteiger partial charge in [0.15, 0.2) is 0 Å². The summed E-state index contributed by atoms with van der Waals surface area (Å²) >= 11 is 0. The molecule has 180 valence electrons. The van der Waals surface area contributed by atoms with Crippen molar-refractivity contribution in [3.63, 3.8) is 0 Å². The summed E-state index contributed by atoms with van der Waals surface area (Å²) in [6.07, 6.45) is 0. The molecule has 0 radical (unpaired) electrons. The quantitative estimate of drug-likeness (QED) is 0.175. The third-order valence-corrected chi connectivity index (χ3v) is 3.14. The molecule has 2 aliphatic rings. The first-order valence-corrected chi connectivity index (χ1v) is 10.9. The molecule has 0 saturated carbocycles. The van der Waals surface area contributed by atoms with Gasteiger partial charge >= 0.3 is 20.8 Å². The highest BCUT2D eigenvalue weighted by molar-refractivity contribution is 7.80. The maximum Gasteiger partial charge on any atom is 0.394 e. The van der Waals surface area contributed by atoms with Crippen LogP contribution in [0.1, 0.15) is 13.8 Å². The van der Waals surface area contributed by atoms with Crippen molar-refractivity contribution in [2.24, 2.45) is 32.0 Å². The Balaban J connectivity index is -0.000000514. The van der Waals surface area contributed by atoms with E-state index in [4.69, 9.17) is 35.0 Å². The predicted octanol–water partition coefficient (Wildman–Crippen LogP) is -2.24. The average molecular weight is 483 g/mol. The summed E-state index contributed by atoms with van der Waals surface area (Å²) in [5.74, 6) is 2.83. The van der Waals surface area contributed by atoms with Gasteiger partial charge in [-0.1, -0.05) is 13.8 Å². The molecule has 2 rings (SSSR count). The zero-order valence-corrected chi connectivity index (χ0v) is 18.1. The van der Waals surface area contributed by atoms with Crippen molar-refractivity contribution >= 4 is 32.5 Å². The summed E-state index contributed by atoms with van der Waals surface area (Å²) in [5, 5.41) is 15.0. The Morgan fingerprint density at radius 2 is 1.07 bits per heavy atom. The highest BCUT2D eigenvalue weighted by Crippen LogP contribution is 2.04. The van der Waals surface area contributed by atoms with E-state index >= 15 is 0 Å². The normalized spacial score (nSPS) is 17.3. The zero-order chi connectivity index (χ0) is 21.8. The zero-order valence-electron chi connectivity index (χ0n) is 16.4. The van der Waals surface area contributed by atoms with Gasteiger partial charge in [-0.25, -0.2) is 0 Å². The van der Waals surface area contributed by atoms with Crippen LogP contribution >= 0.6 is 0 Å². The Morgan fingerprint density at radius 1 is 0.800 bits per heavy atom. The second-order valence-electron chi connectivity index (χ2n) is 5.73. The van der Waals surface area contributed by atoms with Gasteiger partial charge < -0.3 is 21.6 Å². The van der Waals surface area contributed by atoms with E-state index in [1.54, 1.807) is 0 Å². The van der Waals surface area contributed by atoms with Gasteiger partial charge in [0.25, 0.3) is 0 Å². The molecule has 2 heterocycles. The largest absolute Gasteiger partial charge is 0.412 e. The monoisotopic (exact) mass is 482 g/mol. The minimum absolute atomic E-state index is 0. The molecule has 2 atom stereocenters. The first-order chi connectivity index (χ1) is 12.8. The van der Waals surface area contributed by atoms with E-state index in [0.29, 0.717) is 24.9 Å². The molecule has 0 bridgehead atoms. The lowest BCUT2D eigenvalue weighted by Crippen LogP contribution is -2.27. The van der Waals surface area contributed by atoms with Gasteiger partial charge in [0.2, 0.25) is 0 Å². The first-order valence-electron chi connectivity index (χ1n) is 8.06. The number of nitrogens with one attached hydrogen (secondary N) is 2. The fourth-order valence-electron chi connectivity index (χ4n) is 2.03. The highest BCUT2D eigenvalue weighted by Gasteiger charge is 2.14. The third kappa shape index (κ3) is 22.5. The van der Waals surface area contributed by atoms with E-state index in [2.05, 4.69) is 44.7 Å². The lowest BCUT2D eigenvalue weighted by Gasteiger charge is -2.09. The van der Waals surface area contributed by atoms with Crippen molar-refractivity contribution in [3.8, 4) is 0 Å². The van der Waals surface area contributed by atoms with E-state index in [0.717, 1.165) is 37.9 Å². The molecule has 30 heavy (non-hydrogen) atoms. The molecule has 0 spiro atoms. The molecule has 0 aliphatic carbocycles. The van der Waals surface area contributed by atoms with Crippen molar-refractivity contribution < 1.29 is 46.0 Å². The Labute approximate surface area is 174 Å². The number of amidine groups is 2. The van der Waals surface area contributed by atoms with Gasteiger partial charge in [0, 0.05) is 24.9 Å². The van der Waals surface area contributed by atoms with Gasteiger partial charge in [-0.3, -0.25) is 28.2 Å². The molecule has 16 nitrogen and oxygen atoms in total. The van der Waals surface area contributed by atoms with Crippen LogP contribution in [-0.2, 0) is 20.8 Å². The van der Waals surface area contributed by atoms with Gasteiger partial charge in [0.05, 0.1) is 26.2 Å². The molecule has 18 heteroatoms. The van der Waals surface area contributed by atoms with Crippen molar-refractivity contribution in [2.45, 2.75) is 13.8 Å². The van der Waals surface area contributed by atoms with Crippen LogP contribution in [0.4, 0.5) is 0 Å². The van der Waals surface area contributed by atoms with E-state index in [-0.39, 0.29) is 11.0 Å². The van der Waals surface area contributed by atoms with Crippen molar-refractivity contribution in [1.29, 1.82) is 0 Å². The number of azo groups is 1. The van der Waals surface area contributed by atoms with Gasteiger partial charge in [-0.2, -0.15) is 27.1 Å². The molecular formula is C12H30N6O10S2. The van der Waals surface area contributed by atoms with Crippen LogP contribution in [0.15, 0.2) is 20.2 Å². The van der Waals surface area contributed by atoms with Crippen LogP contribution in [0.25, 0.3) is 0 Å². The van der Waals surface area contributed by atoms with Crippen molar-refractivity contribution in [2.75, 3.05) is 39.3 Å². The SMILES string of the molecule is CC(CN=NCC(C)C1=NCCN1)C1=NCCN1.O.O.O=S(=O)(O)O.O=S(=O)(O)O. The molecule has 0 aromatic carbocycles. The summed E-state index contributed by atoms with van der Waals surface area (Å²) in [7, 11) is -9.33. The molecular weight excluding hydrogens is 452 g/mol. The van der Waals surface area contributed by atoms with E-state index in [1.807, 2.05) is 0 Å². The van der Waals surface area contributed by atoms with Gasteiger partial charge in [0.1, 0.15) is 11.7 Å². The molecule has 2 aliphatic heterocycles. The van der Waals surface area contributed by atoms with Crippen LogP contribution in [0.2, 0.25) is 0 Å². The highest BCUT2D eigenvalue weighted by atomic mass is 32.3. The number of hydrogen-bond acceptors (Lipinski definition) is 10. The molecule has 0 saturated heterocycles. The first kappa shape index (κ1) is 32.9. The topological polar surface area (TPSA) is 286 Å². The summed E-state index contributed by atoms with van der Waals surface area (Å²) in [6.45, 7) is 9.36. The Bertz CT molecular complexity index is 688. The fraction of sp³-hybridized carbons (Fsp3) is 0.833. The van der Waals surface area contributed by atoms with E-state index < -0.39 is 20.8 Å². The van der Waals surface area contributed by atoms with E-state index in [1.165, 1.54) is 0 Å². The van der Waals surface area contributed by atoms with Crippen LogP contribution in [0, 0.1) is 11.8 Å². The smallest absolute Gasteiger partial charge is 0.394 e. The number of aliphatic imine (C=N–C) groups is 2. The summed E-state index contributed by atoms with van der Waals surface area (Å²) in [5.41, 5.74) is 0. The predicted molar refractivity (Wildman–Crippen MR) is 109 cm³/mol. The summed E-state index contributed by atoms with van der Waals surface area (Å²) in [6, 6.07) is 0. The van der Waals surface area contributed by atoms with Crippen molar-refractivity contribution in [1.82, 2.24) is 10.6 Å². The fourth-order valence-corrected chi connectivity index (χ4v) is 2.03. The van der Waals surface area contributed by atoms with Crippen LogP contribution in [0.5, 0.6) is 0 Å². The summed E-state index contributed by atoms with van der Waals surface area (Å²) in [4.78, 5) is 8.77. The van der Waals surface area contributed by atoms with Crippen LogP contribution in [-0.4, -0.2) is 96.9 Å². The molecule has 2 unspecified atom stereocenters. The minimum atomic E-state index is -4.67. The Morgan fingerprint density at radius 3 is 1.27 bits per heavy atom. The average Bonchev–Trinajstić information content (AvgIpc) is 3.20. The maximum absolute atomic E-state index is 8.74. The van der Waals surface area contributed by atoms with E-state index in [9.17, 15) is 0 Å². The lowest BCUT2D eigenvalue weighted by atomic mass is 10.1. The number of rotatable bonds is 6. The van der Waals surface area contributed by atoms with Crippen LogP contribution in [0.3, 0.4) is 0 Å². The minimum Gasteiger partial charge on any atom is -0.412 e. The number of nitrogens with zero attached hydrogens (tertiary/aromatic N) is 4. The summed E-state index contributed by atoms with van der Waals surface area (Å²) < 4.78 is 63.2. The Kier molecular flexibility index (Phi) is 17.5. The van der Waals surface area contributed by atoms with Crippen molar-refractivity contribution in [3.05, 3.63) is 0 Å².